The van der Waals surface area contributed by atoms with Gasteiger partial charge < -0.3 is 10.1 Å². The molecular formula is C16H26N2O. The molecule has 1 aromatic heterocycles. The second-order valence-corrected chi connectivity index (χ2v) is 5.26. The van der Waals surface area contributed by atoms with Crippen LogP contribution in [0.25, 0.3) is 0 Å². The van der Waals surface area contributed by atoms with E-state index in [4.69, 9.17) is 4.74 Å². The molecule has 3 heteroatoms. The lowest BCUT2D eigenvalue weighted by molar-refractivity contribution is 0.0243. The van der Waals surface area contributed by atoms with Crippen molar-refractivity contribution in [2.24, 2.45) is 0 Å². The van der Waals surface area contributed by atoms with Gasteiger partial charge in [-0.15, -0.1) is 0 Å². The van der Waals surface area contributed by atoms with Crippen molar-refractivity contribution in [3.63, 3.8) is 0 Å². The molecule has 3 unspecified atom stereocenters. The Bertz CT molecular complexity index is 394. The van der Waals surface area contributed by atoms with Gasteiger partial charge in [-0.05, 0) is 51.3 Å². The number of aromatic nitrogens is 1. The van der Waals surface area contributed by atoms with Gasteiger partial charge in [-0.25, -0.2) is 0 Å². The van der Waals surface area contributed by atoms with E-state index in [2.05, 4.69) is 36.3 Å². The van der Waals surface area contributed by atoms with E-state index in [0.29, 0.717) is 12.0 Å². The fourth-order valence-electron chi connectivity index (χ4n) is 3.33. The zero-order chi connectivity index (χ0) is 13.7. The summed E-state index contributed by atoms with van der Waals surface area (Å²) >= 11 is 0. The van der Waals surface area contributed by atoms with Crippen LogP contribution < -0.4 is 5.32 Å². The van der Waals surface area contributed by atoms with Crippen molar-refractivity contribution in [3.8, 4) is 0 Å². The van der Waals surface area contributed by atoms with Crippen molar-refractivity contribution in [2.75, 3.05) is 13.7 Å². The number of rotatable bonds is 6. The summed E-state index contributed by atoms with van der Waals surface area (Å²) in [6, 6.07) is 4.64. The highest BCUT2D eigenvalue weighted by Gasteiger charge is 2.32. The molecule has 0 spiro atoms. The zero-order valence-electron chi connectivity index (χ0n) is 12.4. The van der Waals surface area contributed by atoms with Crippen LogP contribution in [0, 0.1) is 0 Å². The molecule has 0 saturated heterocycles. The molecule has 1 aliphatic carbocycles. The molecule has 0 amide bonds. The van der Waals surface area contributed by atoms with Gasteiger partial charge in [0.15, 0.2) is 0 Å². The zero-order valence-corrected chi connectivity index (χ0v) is 12.4. The lowest BCUT2D eigenvalue weighted by Gasteiger charge is -2.35. The second-order valence-electron chi connectivity index (χ2n) is 5.26. The molecule has 19 heavy (non-hydrogen) atoms. The summed E-state index contributed by atoms with van der Waals surface area (Å²) < 4.78 is 5.92. The van der Waals surface area contributed by atoms with Gasteiger partial charge in [0, 0.05) is 30.5 Å². The van der Waals surface area contributed by atoms with Crippen LogP contribution in [0.2, 0.25) is 0 Å². The number of fused-ring (bicyclic) bond motifs is 1. The van der Waals surface area contributed by atoms with Gasteiger partial charge >= 0.3 is 0 Å². The van der Waals surface area contributed by atoms with Crippen LogP contribution in [-0.2, 0) is 11.2 Å². The van der Waals surface area contributed by atoms with Crippen LogP contribution in [-0.4, -0.2) is 30.8 Å². The van der Waals surface area contributed by atoms with Crippen molar-refractivity contribution in [2.45, 2.75) is 57.6 Å². The van der Waals surface area contributed by atoms with Crippen molar-refractivity contribution in [3.05, 3.63) is 29.6 Å². The minimum Gasteiger partial charge on any atom is -0.377 e. The molecule has 0 saturated carbocycles. The standard InChI is InChI=1S/C16H26N2O/c1-4-14(19-5-2)16(17-3)13-10-6-8-12-9-7-11-18-15(12)13/h7,9,11,13-14,16-17H,4-6,8,10H2,1-3H3. The van der Waals surface area contributed by atoms with E-state index in [1.54, 1.807) is 0 Å². The normalized spacial score (nSPS) is 21.7. The predicted molar refractivity (Wildman–Crippen MR) is 78.5 cm³/mol. The highest BCUT2D eigenvalue weighted by molar-refractivity contribution is 5.27. The van der Waals surface area contributed by atoms with Crippen LogP contribution in [0.3, 0.4) is 0 Å². The molecule has 2 rings (SSSR count). The summed E-state index contributed by atoms with van der Waals surface area (Å²) in [4.78, 5) is 4.65. The molecule has 0 radical (unpaired) electrons. The smallest absolute Gasteiger partial charge is 0.0731 e. The van der Waals surface area contributed by atoms with E-state index in [9.17, 15) is 0 Å². The third-order valence-corrected chi connectivity index (χ3v) is 4.19. The second kappa shape index (κ2) is 7.01. The van der Waals surface area contributed by atoms with Gasteiger partial charge in [0.1, 0.15) is 0 Å². The maximum Gasteiger partial charge on any atom is 0.0731 e. The molecule has 0 fully saturated rings. The molecule has 1 N–H and O–H groups in total. The third kappa shape index (κ3) is 3.15. The van der Waals surface area contributed by atoms with Gasteiger partial charge in [0.25, 0.3) is 0 Å². The van der Waals surface area contributed by atoms with Crippen molar-refractivity contribution >= 4 is 0 Å². The molecule has 1 aromatic rings. The lowest BCUT2D eigenvalue weighted by atomic mass is 9.79. The highest BCUT2D eigenvalue weighted by atomic mass is 16.5. The van der Waals surface area contributed by atoms with E-state index in [1.165, 1.54) is 30.5 Å². The predicted octanol–water partition coefficient (Wildman–Crippen LogP) is 2.90. The fourth-order valence-corrected chi connectivity index (χ4v) is 3.33. The Kier molecular flexibility index (Phi) is 5.34. The molecule has 0 bridgehead atoms. The Morgan fingerprint density at radius 1 is 1.47 bits per heavy atom. The monoisotopic (exact) mass is 262 g/mol. The van der Waals surface area contributed by atoms with Crippen LogP contribution in [0.4, 0.5) is 0 Å². The summed E-state index contributed by atoms with van der Waals surface area (Å²) in [6.07, 6.45) is 6.86. The molecule has 1 aliphatic rings. The summed E-state index contributed by atoms with van der Waals surface area (Å²) in [5.41, 5.74) is 2.71. The number of nitrogens with zero attached hydrogens (tertiary/aromatic N) is 1. The van der Waals surface area contributed by atoms with Gasteiger partial charge in [-0.1, -0.05) is 13.0 Å². The first-order valence-electron chi connectivity index (χ1n) is 7.54. The molecule has 0 aliphatic heterocycles. The van der Waals surface area contributed by atoms with E-state index in [-0.39, 0.29) is 6.10 Å². The maximum atomic E-state index is 5.92. The fraction of sp³-hybridized carbons (Fsp3) is 0.688. The Hall–Kier alpha value is -0.930. The van der Waals surface area contributed by atoms with E-state index >= 15 is 0 Å². The number of pyridine rings is 1. The van der Waals surface area contributed by atoms with Gasteiger partial charge in [0.2, 0.25) is 0 Å². The quantitative estimate of drug-likeness (QED) is 0.856. The summed E-state index contributed by atoms with van der Waals surface area (Å²) in [5.74, 6) is 0.478. The van der Waals surface area contributed by atoms with Gasteiger partial charge in [-0.3, -0.25) is 4.98 Å². The topological polar surface area (TPSA) is 34.1 Å². The van der Waals surface area contributed by atoms with Gasteiger partial charge in [-0.2, -0.15) is 0 Å². The Balaban J connectivity index is 2.24. The van der Waals surface area contributed by atoms with Crippen molar-refractivity contribution < 1.29 is 4.74 Å². The first-order valence-corrected chi connectivity index (χ1v) is 7.54. The summed E-state index contributed by atoms with van der Waals surface area (Å²) in [5, 5.41) is 3.48. The number of aryl methyl sites for hydroxylation is 1. The largest absolute Gasteiger partial charge is 0.377 e. The number of likely N-dealkylation sites (N-methyl/N-ethyl adjacent to an activating group) is 1. The summed E-state index contributed by atoms with van der Waals surface area (Å²) in [6.45, 7) is 5.05. The molecule has 106 valence electrons. The number of hydrogen-bond donors (Lipinski definition) is 1. The average molecular weight is 262 g/mol. The lowest BCUT2D eigenvalue weighted by Crippen LogP contribution is -2.45. The number of hydrogen-bond acceptors (Lipinski definition) is 3. The Morgan fingerprint density at radius 2 is 2.32 bits per heavy atom. The Labute approximate surface area is 116 Å². The average Bonchev–Trinajstić information content (AvgIpc) is 2.47. The van der Waals surface area contributed by atoms with Gasteiger partial charge in [0.05, 0.1) is 6.10 Å². The minimum absolute atomic E-state index is 0.271. The molecule has 3 atom stereocenters. The van der Waals surface area contributed by atoms with Crippen LogP contribution in [0.1, 0.15) is 50.3 Å². The van der Waals surface area contributed by atoms with E-state index in [0.717, 1.165) is 13.0 Å². The maximum absolute atomic E-state index is 5.92. The van der Waals surface area contributed by atoms with Crippen molar-refractivity contribution in [1.29, 1.82) is 0 Å². The number of ether oxygens (including phenoxy) is 1. The molecule has 3 nitrogen and oxygen atoms in total. The minimum atomic E-state index is 0.271. The first kappa shape index (κ1) is 14.5. The van der Waals surface area contributed by atoms with Crippen LogP contribution in [0.15, 0.2) is 18.3 Å². The van der Waals surface area contributed by atoms with Crippen LogP contribution >= 0.6 is 0 Å². The van der Waals surface area contributed by atoms with E-state index in [1.807, 2.05) is 13.2 Å². The van der Waals surface area contributed by atoms with Crippen LogP contribution in [0.5, 0.6) is 0 Å². The highest BCUT2D eigenvalue weighted by Crippen LogP contribution is 2.34. The van der Waals surface area contributed by atoms with Crippen molar-refractivity contribution in [1.82, 2.24) is 10.3 Å². The Morgan fingerprint density at radius 3 is 3.00 bits per heavy atom. The summed E-state index contributed by atoms with van der Waals surface area (Å²) in [7, 11) is 2.05. The molecule has 0 aromatic carbocycles. The molecule has 1 heterocycles. The SMILES string of the molecule is CCOC(CC)C(NC)C1CCCc2cccnc21. The first-order chi connectivity index (χ1) is 9.31. The third-order valence-electron chi connectivity index (χ3n) is 4.19. The van der Waals surface area contributed by atoms with E-state index < -0.39 is 0 Å². The number of nitrogens with one attached hydrogen (secondary N) is 1. The molecular weight excluding hydrogens is 236 g/mol.